The van der Waals surface area contributed by atoms with Crippen LogP contribution in [0.2, 0.25) is 0 Å². The Balaban J connectivity index is 1.80. The number of halogens is 2. The number of hydrogen-bond acceptors (Lipinski definition) is 5. The monoisotopic (exact) mass is 429 g/mol. The molecule has 0 atom stereocenters. The van der Waals surface area contributed by atoms with Crippen molar-refractivity contribution in [2.75, 3.05) is 20.8 Å². The Morgan fingerprint density at radius 1 is 1.06 bits per heavy atom. The molecule has 1 heterocycles. The van der Waals surface area contributed by atoms with Crippen molar-refractivity contribution in [1.82, 2.24) is 15.1 Å². The van der Waals surface area contributed by atoms with E-state index in [0.29, 0.717) is 11.1 Å². The van der Waals surface area contributed by atoms with Gasteiger partial charge in [-0.2, -0.15) is 5.10 Å². The van der Waals surface area contributed by atoms with Gasteiger partial charge in [0.1, 0.15) is 11.6 Å². The lowest BCUT2D eigenvalue weighted by Crippen LogP contribution is -2.34. The molecule has 3 rings (SSSR count). The van der Waals surface area contributed by atoms with Gasteiger partial charge in [-0.25, -0.2) is 13.5 Å². The highest BCUT2D eigenvalue weighted by atomic mass is 19.1. The van der Waals surface area contributed by atoms with Gasteiger partial charge in [0.15, 0.2) is 6.29 Å². The number of amides is 1. The highest BCUT2D eigenvalue weighted by Gasteiger charge is 2.12. The minimum absolute atomic E-state index is 0.0738. The van der Waals surface area contributed by atoms with Crippen LogP contribution < -0.4 is 10.9 Å². The summed E-state index contributed by atoms with van der Waals surface area (Å²) in [6, 6.07) is 12.4. The average Bonchev–Trinajstić information content (AvgIpc) is 2.75. The molecule has 0 saturated carbocycles. The van der Waals surface area contributed by atoms with Gasteiger partial charge >= 0.3 is 0 Å². The first-order valence-corrected chi connectivity index (χ1v) is 9.37. The second-order valence-corrected chi connectivity index (χ2v) is 6.68. The fourth-order valence-electron chi connectivity index (χ4n) is 2.94. The molecule has 0 aliphatic rings. The third kappa shape index (κ3) is 5.80. The molecule has 0 fully saturated rings. The van der Waals surface area contributed by atoms with Gasteiger partial charge in [0, 0.05) is 37.5 Å². The number of carbonyl (C=O) groups excluding carboxylic acids is 1. The lowest BCUT2D eigenvalue weighted by atomic mass is 10.1. The molecule has 0 radical (unpaired) electrons. The van der Waals surface area contributed by atoms with E-state index in [2.05, 4.69) is 10.4 Å². The van der Waals surface area contributed by atoms with Crippen LogP contribution in [0.3, 0.4) is 0 Å². The van der Waals surface area contributed by atoms with Crippen molar-refractivity contribution in [3.8, 4) is 11.3 Å². The van der Waals surface area contributed by atoms with Crippen molar-refractivity contribution in [1.29, 1.82) is 0 Å². The summed E-state index contributed by atoms with van der Waals surface area (Å²) in [5.74, 6) is -1.81. The van der Waals surface area contributed by atoms with E-state index >= 15 is 0 Å². The van der Waals surface area contributed by atoms with E-state index in [1.54, 1.807) is 24.3 Å². The van der Waals surface area contributed by atoms with Crippen LogP contribution in [-0.4, -0.2) is 42.7 Å². The Morgan fingerprint density at radius 2 is 1.77 bits per heavy atom. The summed E-state index contributed by atoms with van der Waals surface area (Å²) in [6.07, 6.45) is -0.565. The Hall–Kier alpha value is -3.43. The normalized spacial score (nSPS) is 11.0. The van der Waals surface area contributed by atoms with Crippen LogP contribution in [0, 0.1) is 11.6 Å². The smallest absolute Gasteiger partial charge is 0.267 e. The fourth-order valence-corrected chi connectivity index (χ4v) is 2.94. The van der Waals surface area contributed by atoms with Crippen molar-refractivity contribution >= 4 is 5.91 Å². The number of methoxy groups -OCH3 is 2. The molecule has 0 spiro atoms. The molecule has 0 saturated heterocycles. The summed E-state index contributed by atoms with van der Waals surface area (Å²) in [5.41, 5.74) is 1.11. The zero-order valence-corrected chi connectivity index (χ0v) is 17.0. The average molecular weight is 429 g/mol. The van der Waals surface area contributed by atoms with Crippen LogP contribution in [0.5, 0.6) is 0 Å². The second-order valence-electron chi connectivity index (χ2n) is 6.68. The molecule has 0 unspecified atom stereocenters. The van der Waals surface area contributed by atoms with E-state index in [0.717, 1.165) is 18.2 Å². The molecular formula is C22H21F2N3O4. The van der Waals surface area contributed by atoms with Crippen molar-refractivity contribution in [3.63, 3.8) is 0 Å². The van der Waals surface area contributed by atoms with Crippen molar-refractivity contribution in [2.24, 2.45) is 0 Å². The largest absolute Gasteiger partial charge is 0.354 e. The molecular weight excluding hydrogens is 408 g/mol. The number of hydrogen-bond donors (Lipinski definition) is 1. The molecule has 1 aromatic heterocycles. The first-order chi connectivity index (χ1) is 14.9. The SMILES string of the molecule is COC(CNC(=O)c1cccc(Cn2nc(-c3cc(F)cc(F)c3)ccc2=O)c1)OC. The van der Waals surface area contributed by atoms with Crippen LogP contribution in [-0.2, 0) is 16.0 Å². The quantitative estimate of drug-likeness (QED) is 0.557. The molecule has 162 valence electrons. The predicted octanol–water partition coefficient (Wildman–Crippen LogP) is 2.59. The highest BCUT2D eigenvalue weighted by molar-refractivity contribution is 5.94. The number of ether oxygens (including phenoxy) is 2. The third-order valence-corrected chi connectivity index (χ3v) is 4.50. The number of aromatic nitrogens is 2. The standard InChI is InChI=1S/C22H21F2N3O4/c1-30-21(31-2)12-25-22(29)15-5-3-4-14(8-15)13-27-20(28)7-6-19(26-27)16-9-17(23)11-18(24)10-16/h3-11,21H,12-13H2,1-2H3,(H,25,29). The summed E-state index contributed by atoms with van der Waals surface area (Å²) in [6.45, 7) is 0.244. The van der Waals surface area contributed by atoms with Crippen molar-refractivity contribution < 1.29 is 23.0 Å². The summed E-state index contributed by atoms with van der Waals surface area (Å²) in [5, 5.41) is 6.91. The lowest BCUT2D eigenvalue weighted by Gasteiger charge is -2.14. The second kappa shape index (κ2) is 10.1. The molecule has 0 aliphatic carbocycles. The third-order valence-electron chi connectivity index (χ3n) is 4.50. The van der Waals surface area contributed by atoms with E-state index in [9.17, 15) is 18.4 Å². The van der Waals surface area contributed by atoms with E-state index in [1.807, 2.05) is 0 Å². The Kier molecular flexibility index (Phi) is 7.22. The van der Waals surface area contributed by atoms with Gasteiger partial charge in [-0.05, 0) is 35.9 Å². The Morgan fingerprint density at radius 3 is 2.45 bits per heavy atom. The number of nitrogens with zero attached hydrogens (tertiary/aromatic N) is 2. The molecule has 1 N–H and O–H groups in total. The first kappa shape index (κ1) is 22.3. The van der Waals surface area contributed by atoms with Gasteiger partial charge in [-0.3, -0.25) is 9.59 Å². The predicted molar refractivity (Wildman–Crippen MR) is 110 cm³/mol. The van der Waals surface area contributed by atoms with E-state index in [1.165, 1.54) is 31.0 Å². The molecule has 3 aromatic rings. The summed E-state index contributed by atoms with van der Waals surface area (Å²) >= 11 is 0. The van der Waals surface area contributed by atoms with Gasteiger partial charge in [0.05, 0.1) is 18.8 Å². The first-order valence-electron chi connectivity index (χ1n) is 9.37. The minimum atomic E-state index is -0.738. The van der Waals surface area contributed by atoms with Gasteiger partial charge in [-0.1, -0.05) is 12.1 Å². The van der Waals surface area contributed by atoms with Gasteiger partial charge < -0.3 is 14.8 Å². The Bertz CT molecular complexity index is 1110. The maximum Gasteiger partial charge on any atom is 0.267 e. The molecule has 0 bridgehead atoms. The van der Waals surface area contributed by atoms with E-state index in [4.69, 9.17) is 9.47 Å². The number of benzene rings is 2. The van der Waals surface area contributed by atoms with Crippen LogP contribution in [0.25, 0.3) is 11.3 Å². The van der Waals surface area contributed by atoms with Crippen LogP contribution >= 0.6 is 0 Å². The van der Waals surface area contributed by atoms with Crippen molar-refractivity contribution in [3.05, 3.63) is 87.7 Å². The van der Waals surface area contributed by atoms with Gasteiger partial charge in [0.25, 0.3) is 11.5 Å². The van der Waals surface area contributed by atoms with Crippen LogP contribution in [0.15, 0.2) is 59.4 Å². The number of nitrogens with one attached hydrogen (secondary N) is 1. The topological polar surface area (TPSA) is 82.5 Å². The molecule has 0 aliphatic heterocycles. The highest BCUT2D eigenvalue weighted by Crippen LogP contribution is 2.18. The summed E-state index contributed by atoms with van der Waals surface area (Å²) < 4.78 is 38.3. The minimum Gasteiger partial charge on any atom is -0.354 e. The number of carbonyl (C=O) groups is 1. The van der Waals surface area contributed by atoms with E-state index < -0.39 is 23.5 Å². The molecule has 2 aromatic carbocycles. The lowest BCUT2D eigenvalue weighted by molar-refractivity contribution is -0.0974. The maximum absolute atomic E-state index is 13.5. The van der Waals surface area contributed by atoms with E-state index in [-0.39, 0.29) is 30.3 Å². The zero-order valence-electron chi connectivity index (χ0n) is 17.0. The molecule has 9 heteroatoms. The molecule has 31 heavy (non-hydrogen) atoms. The molecule has 7 nitrogen and oxygen atoms in total. The number of rotatable bonds is 8. The van der Waals surface area contributed by atoms with Crippen molar-refractivity contribution in [2.45, 2.75) is 12.8 Å². The van der Waals surface area contributed by atoms with Crippen LogP contribution in [0.1, 0.15) is 15.9 Å². The fraction of sp³-hybridized carbons (Fsp3) is 0.227. The Labute approximate surface area is 177 Å². The summed E-state index contributed by atoms with van der Waals surface area (Å²) in [7, 11) is 2.94. The summed E-state index contributed by atoms with van der Waals surface area (Å²) in [4.78, 5) is 24.6. The van der Waals surface area contributed by atoms with Gasteiger partial charge in [-0.15, -0.1) is 0 Å². The van der Waals surface area contributed by atoms with Gasteiger partial charge in [0.2, 0.25) is 0 Å². The maximum atomic E-state index is 13.5. The van der Waals surface area contributed by atoms with Crippen LogP contribution in [0.4, 0.5) is 8.78 Å². The zero-order chi connectivity index (χ0) is 22.4. The molecule has 1 amide bonds.